The quantitative estimate of drug-likeness (QED) is 0.544. The van der Waals surface area contributed by atoms with Crippen LogP contribution in [0.5, 0.6) is 0 Å². The van der Waals surface area contributed by atoms with E-state index in [2.05, 4.69) is 0 Å². The number of para-hydroxylation sites is 1. The van der Waals surface area contributed by atoms with Crippen LogP contribution in [0.4, 0.5) is 15.8 Å². The van der Waals surface area contributed by atoms with Crippen molar-refractivity contribution < 1.29 is 14.0 Å². The summed E-state index contributed by atoms with van der Waals surface area (Å²) >= 11 is 6.05. The highest BCUT2D eigenvalue weighted by molar-refractivity contribution is 6.46. The average Bonchev–Trinajstić information content (AvgIpc) is 2.99. The highest BCUT2D eigenvalue weighted by Crippen LogP contribution is 2.37. The first-order valence-corrected chi connectivity index (χ1v) is 9.70. The van der Waals surface area contributed by atoms with Gasteiger partial charge in [0.2, 0.25) is 0 Å². The molecule has 0 radical (unpaired) electrons. The Balaban J connectivity index is 1.89. The van der Waals surface area contributed by atoms with Crippen LogP contribution in [0, 0.1) is 12.7 Å². The summed E-state index contributed by atoms with van der Waals surface area (Å²) < 4.78 is 13.5. The van der Waals surface area contributed by atoms with Crippen LogP contribution in [0.15, 0.2) is 78.5 Å². The van der Waals surface area contributed by atoms with Gasteiger partial charge in [0.1, 0.15) is 11.5 Å². The van der Waals surface area contributed by atoms with Gasteiger partial charge >= 0.3 is 0 Å². The van der Waals surface area contributed by atoms with E-state index in [1.54, 1.807) is 37.1 Å². The van der Waals surface area contributed by atoms with E-state index in [1.807, 2.05) is 30.3 Å². The summed E-state index contributed by atoms with van der Waals surface area (Å²) in [7, 11) is 1.73. The summed E-state index contributed by atoms with van der Waals surface area (Å²) in [4.78, 5) is 29.8. The number of carbonyl (C=O) groups excluding carboxylic acids is 2. The number of likely N-dealkylation sites (N-methyl/N-ethyl adjacent to an activating group) is 1. The molecule has 3 aromatic carbocycles. The smallest absolute Gasteiger partial charge is 0.282 e. The zero-order valence-electron chi connectivity index (χ0n) is 16.4. The van der Waals surface area contributed by atoms with E-state index in [1.165, 1.54) is 24.3 Å². The molecule has 0 saturated carbocycles. The molecule has 0 N–H and O–H groups in total. The maximum absolute atomic E-state index is 13.5. The molecular weight excluding hydrogens is 403 g/mol. The maximum Gasteiger partial charge on any atom is 0.282 e. The van der Waals surface area contributed by atoms with E-state index in [9.17, 15) is 14.0 Å². The van der Waals surface area contributed by atoms with Gasteiger partial charge < -0.3 is 4.90 Å². The van der Waals surface area contributed by atoms with Crippen molar-refractivity contribution in [2.24, 2.45) is 0 Å². The summed E-state index contributed by atoms with van der Waals surface area (Å²) in [6.45, 7) is 1.79. The number of carbonyl (C=O) groups is 2. The third kappa shape index (κ3) is 3.37. The van der Waals surface area contributed by atoms with E-state index in [0.717, 1.165) is 10.6 Å². The van der Waals surface area contributed by atoms with Crippen LogP contribution in [0.1, 0.15) is 11.1 Å². The largest absolute Gasteiger partial charge is 0.339 e. The molecule has 4 nitrogen and oxygen atoms in total. The van der Waals surface area contributed by atoms with Gasteiger partial charge in [-0.3, -0.25) is 9.59 Å². The molecule has 0 fully saturated rings. The first-order chi connectivity index (χ1) is 14.4. The zero-order chi connectivity index (χ0) is 21.4. The monoisotopic (exact) mass is 420 g/mol. The van der Waals surface area contributed by atoms with E-state index in [-0.39, 0.29) is 11.3 Å². The van der Waals surface area contributed by atoms with Crippen LogP contribution in [-0.4, -0.2) is 18.9 Å². The van der Waals surface area contributed by atoms with Gasteiger partial charge in [-0.1, -0.05) is 41.9 Å². The molecule has 0 spiro atoms. The molecule has 1 aliphatic rings. The number of anilines is 2. The van der Waals surface area contributed by atoms with Crippen LogP contribution in [-0.2, 0) is 9.59 Å². The first kappa shape index (κ1) is 19.9. The number of aryl methyl sites for hydroxylation is 1. The van der Waals surface area contributed by atoms with Crippen molar-refractivity contribution in [2.75, 3.05) is 16.8 Å². The van der Waals surface area contributed by atoms with Crippen molar-refractivity contribution in [3.8, 4) is 0 Å². The predicted octanol–water partition coefficient (Wildman–Crippen LogP) is 5.21. The van der Waals surface area contributed by atoms with Crippen LogP contribution < -0.4 is 9.80 Å². The Morgan fingerprint density at radius 3 is 2.20 bits per heavy atom. The summed E-state index contributed by atoms with van der Waals surface area (Å²) in [5, 5.41) is 0.517. The van der Waals surface area contributed by atoms with Crippen LogP contribution >= 0.6 is 11.6 Å². The van der Waals surface area contributed by atoms with Crippen molar-refractivity contribution in [2.45, 2.75) is 6.92 Å². The Kier molecular flexibility index (Phi) is 5.14. The van der Waals surface area contributed by atoms with E-state index in [0.29, 0.717) is 21.8 Å². The van der Waals surface area contributed by atoms with Crippen molar-refractivity contribution in [1.82, 2.24) is 0 Å². The summed E-state index contributed by atoms with van der Waals surface area (Å²) in [5.41, 5.74) is 2.84. The molecular formula is C24H18ClFN2O2. The molecule has 0 aromatic heterocycles. The lowest BCUT2D eigenvalue weighted by Gasteiger charge is -2.22. The summed E-state index contributed by atoms with van der Waals surface area (Å²) in [5.74, 6) is -1.33. The Hall–Kier alpha value is -3.44. The van der Waals surface area contributed by atoms with Crippen LogP contribution in [0.25, 0.3) is 5.57 Å². The zero-order valence-corrected chi connectivity index (χ0v) is 17.2. The number of halogens is 2. The SMILES string of the molecule is Cc1cc(Cl)ccc1N1C(=O)C(c2ccc(F)cc2)=C(N(C)c2ccccc2)C1=O. The molecule has 1 heterocycles. The van der Waals surface area contributed by atoms with Gasteiger partial charge in [-0.15, -0.1) is 0 Å². The number of benzene rings is 3. The Morgan fingerprint density at radius 1 is 0.900 bits per heavy atom. The maximum atomic E-state index is 13.5. The van der Waals surface area contributed by atoms with Gasteiger partial charge in [0.05, 0.1) is 11.3 Å². The number of hydrogen-bond donors (Lipinski definition) is 0. The Morgan fingerprint density at radius 2 is 1.57 bits per heavy atom. The second kappa shape index (κ2) is 7.76. The molecule has 0 saturated heterocycles. The lowest BCUT2D eigenvalue weighted by atomic mass is 10.0. The molecule has 0 unspecified atom stereocenters. The Labute approximate surface area is 178 Å². The highest BCUT2D eigenvalue weighted by Gasteiger charge is 2.42. The fourth-order valence-corrected chi connectivity index (χ4v) is 3.80. The molecule has 30 heavy (non-hydrogen) atoms. The first-order valence-electron chi connectivity index (χ1n) is 9.32. The molecule has 0 aliphatic carbocycles. The second-order valence-electron chi connectivity index (χ2n) is 7.00. The van der Waals surface area contributed by atoms with Crippen LogP contribution in [0.3, 0.4) is 0 Å². The minimum atomic E-state index is -0.463. The topological polar surface area (TPSA) is 40.6 Å². The molecule has 3 aromatic rings. The minimum Gasteiger partial charge on any atom is -0.339 e. The fraction of sp³-hybridized carbons (Fsp3) is 0.0833. The molecule has 150 valence electrons. The second-order valence-corrected chi connectivity index (χ2v) is 7.44. The number of amides is 2. The van der Waals surface area contributed by atoms with Gasteiger partial charge in [-0.2, -0.15) is 0 Å². The van der Waals surface area contributed by atoms with Crippen molar-refractivity contribution in [1.29, 1.82) is 0 Å². The van der Waals surface area contributed by atoms with Crippen molar-refractivity contribution in [3.05, 3.63) is 100 Å². The molecule has 6 heteroatoms. The molecule has 0 atom stereocenters. The van der Waals surface area contributed by atoms with Crippen LogP contribution in [0.2, 0.25) is 5.02 Å². The van der Waals surface area contributed by atoms with E-state index >= 15 is 0 Å². The van der Waals surface area contributed by atoms with Gasteiger partial charge in [-0.25, -0.2) is 9.29 Å². The van der Waals surface area contributed by atoms with E-state index in [4.69, 9.17) is 11.6 Å². The van der Waals surface area contributed by atoms with Crippen molar-refractivity contribution in [3.63, 3.8) is 0 Å². The molecule has 0 bridgehead atoms. The summed E-state index contributed by atoms with van der Waals surface area (Å²) in [6.07, 6.45) is 0. The molecule has 4 rings (SSSR count). The highest BCUT2D eigenvalue weighted by atomic mass is 35.5. The average molecular weight is 421 g/mol. The lowest BCUT2D eigenvalue weighted by Crippen LogP contribution is -2.34. The standard InChI is InChI=1S/C24H18ClFN2O2/c1-15-14-17(25)10-13-20(15)28-23(29)21(16-8-11-18(26)12-9-16)22(24(28)30)27(2)19-6-4-3-5-7-19/h3-14H,1-2H3. The molecule has 1 aliphatic heterocycles. The predicted molar refractivity (Wildman–Crippen MR) is 117 cm³/mol. The number of hydrogen-bond acceptors (Lipinski definition) is 3. The Bertz CT molecular complexity index is 1170. The van der Waals surface area contributed by atoms with E-state index < -0.39 is 17.6 Å². The fourth-order valence-electron chi connectivity index (χ4n) is 3.58. The number of rotatable bonds is 4. The summed E-state index contributed by atoms with van der Waals surface area (Å²) in [6, 6.07) is 19.8. The normalized spacial score (nSPS) is 13.9. The van der Waals surface area contributed by atoms with Crippen molar-refractivity contribution >= 4 is 40.4 Å². The van der Waals surface area contributed by atoms with Gasteiger partial charge in [0.15, 0.2) is 0 Å². The number of nitrogens with zero attached hydrogens (tertiary/aromatic N) is 2. The lowest BCUT2D eigenvalue weighted by molar-refractivity contribution is -0.120. The van der Waals surface area contributed by atoms with Gasteiger partial charge in [0.25, 0.3) is 11.8 Å². The van der Waals surface area contributed by atoms with Gasteiger partial charge in [0, 0.05) is 17.8 Å². The molecule has 2 amide bonds. The third-order valence-electron chi connectivity index (χ3n) is 5.07. The third-order valence-corrected chi connectivity index (χ3v) is 5.31. The van der Waals surface area contributed by atoms with Gasteiger partial charge in [-0.05, 0) is 60.5 Å². The minimum absolute atomic E-state index is 0.223. The number of imide groups is 1.